The van der Waals surface area contributed by atoms with E-state index in [-0.39, 0.29) is 12.3 Å². The number of nitrogens with zero attached hydrogens (tertiary/aromatic N) is 1. The van der Waals surface area contributed by atoms with Crippen molar-refractivity contribution in [3.63, 3.8) is 0 Å². The third kappa shape index (κ3) is 2.38. The Bertz CT molecular complexity index is 678. The molecule has 2 aliphatic rings. The number of carbonyl (C=O) groups is 3. The molecule has 0 N–H and O–H groups in total. The smallest absolute Gasteiger partial charge is 0.416 e. The van der Waals surface area contributed by atoms with Gasteiger partial charge in [0.15, 0.2) is 0 Å². The Morgan fingerprint density at radius 2 is 1.83 bits per heavy atom. The Morgan fingerprint density at radius 1 is 1.22 bits per heavy atom. The number of halogens is 3. The first-order valence-electron chi connectivity index (χ1n) is 6.99. The van der Waals surface area contributed by atoms with E-state index in [1.807, 2.05) is 0 Å². The maximum absolute atomic E-state index is 12.7. The summed E-state index contributed by atoms with van der Waals surface area (Å²) in [6.45, 7) is 1.74. The second-order valence-corrected chi connectivity index (χ2v) is 5.39. The van der Waals surface area contributed by atoms with E-state index in [0.717, 1.165) is 23.1 Å². The molecule has 122 valence electrons. The maximum Gasteiger partial charge on any atom is 0.416 e. The van der Waals surface area contributed by atoms with Gasteiger partial charge in [-0.05, 0) is 25.1 Å². The van der Waals surface area contributed by atoms with Crippen LogP contribution in [-0.2, 0) is 25.3 Å². The second kappa shape index (κ2) is 5.07. The van der Waals surface area contributed by atoms with Crippen molar-refractivity contribution in [3.8, 4) is 0 Å². The van der Waals surface area contributed by atoms with Gasteiger partial charge in [0.25, 0.3) is 0 Å². The number of piperidine rings is 1. The minimum Gasteiger partial charge on any atom is -0.466 e. The lowest BCUT2D eigenvalue weighted by molar-refractivity contribution is -0.147. The first-order chi connectivity index (χ1) is 10.8. The van der Waals surface area contributed by atoms with Crippen LogP contribution in [0.5, 0.6) is 0 Å². The van der Waals surface area contributed by atoms with Gasteiger partial charge in [-0.1, -0.05) is 6.07 Å². The van der Waals surface area contributed by atoms with Gasteiger partial charge < -0.3 is 4.74 Å². The summed E-state index contributed by atoms with van der Waals surface area (Å²) < 4.78 is 43.0. The zero-order valence-electron chi connectivity index (χ0n) is 12.0. The highest BCUT2D eigenvalue weighted by Gasteiger charge is 2.71. The average molecular weight is 327 g/mol. The number of rotatable bonds is 3. The molecule has 8 heteroatoms. The molecule has 1 aromatic rings. The van der Waals surface area contributed by atoms with Crippen LogP contribution in [0.1, 0.15) is 12.5 Å². The highest BCUT2D eigenvalue weighted by Crippen LogP contribution is 2.55. The van der Waals surface area contributed by atoms with Crippen LogP contribution in [0, 0.1) is 17.8 Å². The lowest BCUT2D eigenvalue weighted by Gasteiger charge is -2.19. The third-order valence-electron chi connectivity index (χ3n) is 4.02. The van der Waals surface area contributed by atoms with Crippen LogP contribution in [0.3, 0.4) is 0 Å². The largest absolute Gasteiger partial charge is 0.466 e. The van der Waals surface area contributed by atoms with E-state index in [9.17, 15) is 27.6 Å². The number of fused-ring (bicyclic) bond motifs is 1. The van der Waals surface area contributed by atoms with E-state index in [2.05, 4.69) is 0 Å². The Balaban J connectivity index is 1.84. The van der Waals surface area contributed by atoms with E-state index in [4.69, 9.17) is 4.74 Å². The molecule has 0 bridgehead atoms. The number of hydrogen-bond acceptors (Lipinski definition) is 4. The lowest BCUT2D eigenvalue weighted by atomic mass is 10.1. The van der Waals surface area contributed by atoms with Crippen molar-refractivity contribution in [2.24, 2.45) is 17.8 Å². The summed E-state index contributed by atoms with van der Waals surface area (Å²) in [4.78, 5) is 36.9. The Labute approximate surface area is 129 Å². The molecule has 5 nitrogen and oxygen atoms in total. The van der Waals surface area contributed by atoms with Gasteiger partial charge >= 0.3 is 12.1 Å². The van der Waals surface area contributed by atoms with Crippen LogP contribution in [0.25, 0.3) is 0 Å². The van der Waals surface area contributed by atoms with Crippen LogP contribution in [0.4, 0.5) is 18.9 Å². The summed E-state index contributed by atoms with van der Waals surface area (Å²) in [5.41, 5.74) is -1.08. The maximum atomic E-state index is 12.7. The molecule has 1 saturated heterocycles. The van der Waals surface area contributed by atoms with Crippen molar-refractivity contribution in [1.29, 1.82) is 0 Å². The molecule has 23 heavy (non-hydrogen) atoms. The minimum absolute atomic E-state index is 0.133. The molecule has 1 saturated carbocycles. The fourth-order valence-corrected chi connectivity index (χ4v) is 2.94. The van der Waals surface area contributed by atoms with E-state index < -0.39 is 47.3 Å². The summed E-state index contributed by atoms with van der Waals surface area (Å²) >= 11 is 0. The van der Waals surface area contributed by atoms with Gasteiger partial charge in [-0.3, -0.25) is 14.4 Å². The quantitative estimate of drug-likeness (QED) is 0.629. The number of imide groups is 1. The Morgan fingerprint density at radius 3 is 2.35 bits per heavy atom. The molecule has 1 heterocycles. The first-order valence-corrected chi connectivity index (χ1v) is 6.99. The number of ether oxygens (including phenoxy) is 1. The van der Waals surface area contributed by atoms with Gasteiger partial charge in [0.1, 0.15) is 0 Å². The monoisotopic (exact) mass is 327 g/mol. The molecule has 0 spiro atoms. The Kier molecular flexibility index (Phi) is 3.42. The van der Waals surface area contributed by atoms with Gasteiger partial charge in [0.05, 0.1) is 35.6 Å². The van der Waals surface area contributed by atoms with Gasteiger partial charge in [-0.15, -0.1) is 0 Å². The fourth-order valence-electron chi connectivity index (χ4n) is 2.94. The molecule has 1 aliphatic heterocycles. The van der Waals surface area contributed by atoms with Gasteiger partial charge in [0.2, 0.25) is 11.8 Å². The number of carbonyl (C=O) groups excluding carboxylic acids is 3. The van der Waals surface area contributed by atoms with Crippen LogP contribution < -0.4 is 4.90 Å². The second-order valence-electron chi connectivity index (χ2n) is 5.39. The number of alkyl halides is 3. The van der Waals surface area contributed by atoms with E-state index in [1.165, 1.54) is 6.07 Å². The van der Waals surface area contributed by atoms with Crippen molar-refractivity contribution in [1.82, 2.24) is 0 Å². The number of esters is 1. The van der Waals surface area contributed by atoms with Crippen molar-refractivity contribution in [2.45, 2.75) is 13.1 Å². The van der Waals surface area contributed by atoms with Crippen LogP contribution in [0.15, 0.2) is 24.3 Å². The van der Waals surface area contributed by atoms with E-state index >= 15 is 0 Å². The highest BCUT2D eigenvalue weighted by molar-refractivity contribution is 6.27. The van der Waals surface area contributed by atoms with Crippen LogP contribution in [0.2, 0.25) is 0 Å². The minimum atomic E-state index is -4.57. The van der Waals surface area contributed by atoms with E-state index in [1.54, 1.807) is 6.92 Å². The molecule has 3 rings (SSSR count). The molecule has 0 radical (unpaired) electrons. The van der Waals surface area contributed by atoms with Crippen molar-refractivity contribution >= 4 is 23.5 Å². The summed E-state index contributed by atoms with van der Waals surface area (Å²) in [7, 11) is 0. The predicted molar refractivity (Wildman–Crippen MR) is 71.0 cm³/mol. The number of benzene rings is 1. The highest BCUT2D eigenvalue weighted by atomic mass is 19.4. The van der Waals surface area contributed by atoms with Crippen LogP contribution >= 0.6 is 0 Å². The van der Waals surface area contributed by atoms with Crippen molar-refractivity contribution < 1.29 is 32.3 Å². The molecule has 1 aliphatic carbocycles. The van der Waals surface area contributed by atoms with E-state index in [0.29, 0.717) is 0 Å². The number of anilines is 1. The number of amides is 2. The van der Waals surface area contributed by atoms with Gasteiger partial charge in [-0.2, -0.15) is 13.2 Å². The standard InChI is InChI=1S/C15H12F3NO4/c1-2-23-14(22)11-9-10(11)13(21)19(12(9)20)8-5-3-4-7(6-8)15(16,17)18/h3-6,9-11H,2H2,1H3/t9-,10-/m1/s1. The Hall–Kier alpha value is -2.38. The van der Waals surface area contributed by atoms with Gasteiger partial charge in [-0.25, -0.2) is 4.90 Å². The molecule has 0 unspecified atom stereocenters. The first kappa shape index (κ1) is 15.5. The normalized spacial score (nSPS) is 26.3. The zero-order chi connectivity index (χ0) is 16.9. The lowest BCUT2D eigenvalue weighted by Crippen LogP contribution is -2.36. The fraction of sp³-hybridized carbons (Fsp3) is 0.400. The van der Waals surface area contributed by atoms with Crippen molar-refractivity contribution in [2.75, 3.05) is 11.5 Å². The molecule has 2 atom stereocenters. The van der Waals surface area contributed by atoms with Crippen molar-refractivity contribution in [3.05, 3.63) is 29.8 Å². The molecular formula is C15H12F3NO4. The zero-order valence-corrected chi connectivity index (χ0v) is 12.0. The molecular weight excluding hydrogens is 315 g/mol. The average Bonchev–Trinajstić information content (AvgIpc) is 3.16. The van der Waals surface area contributed by atoms with Gasteiger partial charge in [0, 0.05) is 0 Å². The molecule has 1 aromatic carbocycles. The predicted octanol–water partition coefficient (Wildman–Crippen LogP) is 2.00. The molecule has 2 fully saturated rings. The third-order valence-corrected chi connectivity index (χ3v) is 4.02. The molecule has 0 aromatic heterocycles. The molecule has 2 amide bonds. The SMILES string of the molecule is CCOC(=O)C1[C@@H]2C(=O)N(c3cccc(C(F)(F)F)c3)C(=O)[C@@H]12. The topological polar surface area (TPSA) is 63.7 Å². The summed E-state index contributed by atoms with van der Waals surface area (Å²) in [5, 5.41) is 0. The van der Waals surface area contributed by atoms with Crippen LogP contribution in [-0.4, -0.2) is 24.4 Å². The number of hydrogen-bond donors (Lipinski definition) is 0. The summed E-state index contributed by atoms with van der Waals surface area (Å²) in [6, 6.07) is 4.00. The summed E-state index contributed by atoms with van der Waals surface area (Å²) in [6.07, 6.45) is -4.57. The summed E-state index contributed by atoms with van der Waals surface area (Å²) in [5.74, 6) is -4.38.